The predicted octanol–water partition coefficient (Wildman–Crippen LogP) is 5.88. The minimum absolute atomic E-state index is 0.000791. The zero-order valence-corrected chi connectivity index (χ0v) is 32.1. The summed E-state index contributed by atoms with van der Waals surface area (Å²) in [6.45, 7) is 7.57. The average Bonchev–Trinajstić information content (AvgIpc) is 3.80. The minimum Gasteiger partial charge on any atom is -0.444 e. The number of alkyl halides is 3. The van der Waals surface area contributed by atoms with Crippen molar-refractivity contribution in [3.8, 4) is 11.4 Å². The summed E-state index contributed by atoms with van der Waals surface area (Å²) in [6.07, 6.45) is -2.00. The Balaban J connectivity index is 1.03. The molecule has 5 heterocycles. The number of ether oxygens (including phenoxy) is 1. The summed E-state index contributed by atoms with van der Waals surface area (Å²) in [6, 6.07) is 5.67. The highest BCUT2D eigenvalue weighted by molar-refractivity contribution is 6.34. The number of aromatic nitrogens is 5. The third-order valence-electron chi connectivity index (χ3n) is 9.32. The Morgan fingerprint density at radius 2 is 1.61 bits per heavy atom. The Morgan fingerprint density at radius 1 is 0.929 bits per heavy atom. The second kappa shape index (κ2) is 16.0. The number of piperidine rings is 1. The van der Waals surface area contributed by atoms with Crippen molar-refractivity contribution < 1.29 is 37.1 Å². The van der Waals surface area contributed by atoms with Gasteiger partial charge in [-0.05, 0) is 57.9 Å². The summed E-state index contributed by atoms with van der Waals surface area (Å²) in [7, 11) is 0. The molecule has 2 saturated heterocycles. The fourth-order valence-corrected chi connectivity index (χ4v) is 6.87. The molecule has 20 heteroatoms. The van der Waals surface area contributed by atoms with Crippen LogP contribution in [0.2, 0.25) is 10.0 Å². The number of imidazole rings is 1. The Bertz CT molecular complexity index is 2140. The smallest absolute Gasteiger partial charge is 0.433 e. The van der Waals surface area contributed by atoms with Crippen LogP contribution in [-0.2, 0) is 22.1 Å². The second-order valence-corrected chi connectivity index (χ2v) is 15.3. The molecule has 3 aromatic heterocycles. The van der Waals surface area contributed by atoms with Crippen LogP contribution in [-0.4, -0.2) is 109 Å². The molecule has 0 atom stereocenters. The van der Waals surface area contributed by atoms with Crippen molar-refractivity contribution in [2.45, 2.75) is 51.8 Å². The van der Waals surface area contributed by atoms with E-state index in [9.17, 15) is 32.3 Å². The summed E-state index contributed by atoms with van der Waals surface area (Å²) >= 11 is 12.6. The molecule has 1 aromatic carbocycles. The van der Waals surface area contributed by atoms with E-state index in [1.807, 2.05) is 5.10 Å². The number of rotatable bonds is 7. The fraction of sp³-hybridized carbons (Fsp3) is 0.417. The predicted molar refractivity (Wildman–Crippen MR) is 200 cm³/mol. The van der Waals surface area contributed by atoms with Gasteiger partial charge in [0.05, 0.1) is 33.2 Å². The number of carbonyl (C=O) groups excluding carboxylic acids is 4. The second-order valence-electron chi connectivity index (χ2n) is 14.5. The molecule has 2 aliphatic rings. The third-order valence-corrected chi connectivity index (χ3v) is 9.96. The van der Waals surface area contributed by atoms with Gasteiger partial charge in [-0.25, -0.2) is 9.78 Å². The molecule has 0 aliphatic carbocycles. The van der Waals surface area contributed by atoms with Crippen LogP contribution < -0.4 is 11.1 Å². The number of piperazine rings is 1. The molecular weight excluding hydrogens is 780 g/mol. The number of nitrogens with zero attached hydrogens (tertiary/aromatic N) is 6. The number of hydrogen-bond acceptors (Lipinski definition) is 9. The van der Waals surface area contributed by atoms with Crippen LogP contribution in [0.3, 0.4) is 0 Å². The standard InChI is InChI=1S/C36H39Cl2F3N10O5/c1-35(2,3)56-34(55)51-8-6-19(7-9-51)32(53)49-10-12-50(13-11-49)33(54)22-5-4-20(15-24(22)37)46-31(52)30-44-17-21(45-30)14-23-28(47-48-29(23)36(39,40)41)27-16-25(38)26(42)18-43-27/h4-5,15-19H,6-14,42H2,1-3H3,(H,44,45)(H,46,52)(H,47,48). The van der Waals surface area contributed by atoms with Gasteiger partial charge in [0.1, 0.15) is 17.0 Å². The van der Waals surface area contributed by atoms with Gasteiger partial charge in [0.15, 0.2) is 5.82 Å². The van der Waals surface area contributed by atoms with Gasteiger partial charge < -0.3 is 35.5 Å². The number of H-pyrrole nitrogens is 2. The number of carbonyl (C=O) groups is 4. The lowest BCUT2D eigenvalue weighted by Crippen LogP contribution is -2.53. The quantitative estimate of drug-likeness (QED) is 0.176. The highest BCUT2D eigenvalue weighted by atomic mass is 35.5. The van der Waals surface area contributed by atoms with E-state index in [-0.39, 0.29) is 85.7 Å². The van der Waals surface area contributed by atoms with Crippen LogP contribution in [0.1, 0.15) is 71.5 Å². The molecule has 0 spiro atoms. The number of amides is 4. The van der Waals surface area contributed by atoms with Crippen LogP contribution in [0.25, 0.3) is 11.4 Å². The fourth-order valence-electron chi connectivity index (χ4n) is 6.46. The van der Waals surface area contributed by atoms with Crippen molar-refractivity contribution in [2.24, 2.45) is 5.92 Å². The summed E-state index contributed by atoms with van der Waals surface area (Å²) < 4.78 is 47.1. The lowest BCUT2D eigenvalue weighted by atomic mass is 9.95. The number of nitrogen functional groups attached to an aromatic ring is 1. The maximum Gasteiger partial charge on any atom is 0.433 e. The highest BCUT2D eigenvalue weighted by Crippen LogP contribution is 2.36. The molecule has 298 valence electrons. The van der Waals surface area contributed by atoms with E-state index in [1.54, 1.807) is 35.5 Å². The molecule has 4 amide bonds. The van der Waals surface area contributed by atoms with Crippen molar-refractivity contribution in [2.75, 3.05) is 50.3 Å². The van der Waals surface area contributed by atoms with E-state index < -0.39 is 23.4 Å². The number of nitrogens with two attached hydrogens (primary N) is 1. The monoisotopic (exact) mass is 818 g/mol. The Labute approximate surface area is 329 Å². The molecule has 2 aliphatic heterocycles. The molecule has 4 aromatic rings. The van der Waals surface area contributed by atoms with Crippen molar-refractivity contribution in [1.29, 1.82) is 0 Å². The van der Waals surface area contributed by atoms with E-state index in [0.29, 0.717) is 52.1 Å². The third kappa shape index (κ3) is 9.18. The Kier molecular flexibility index (Phi) is 11.5. The lowest BCUT2D eigenvalue weighted by Gasteiger charge is -2.38. The van der Waals surface area contributed by atoms with Gasteiger partial charge in [-0.1, -0.05) is 23.2 Å². The lowest BCUT2D eigenvalue weighted by molar-refractivity contribution is -0.141. The zero-order chi connectivity index (χ0) is 40.5. The number of anilines is 2. The van der Waals surface area contributed by atoms with Crippen LogP contribution in [0.5, 0.6) is 0 Å². The summed E-state index contributed by atoms with van der Waals surface area (Å²) in [5, 5.41) is 8.64. The molecule has 0 bridgehead atoms. The number of halogens is 5. The Hall–Kier alpha value is -5.36. The van der Waals surface area contributed by atoms with Crippen molar-refractivity contribution >= 4 is 58.4 Å². The van der Waals surface area contributed by atoms with Gasteiger partial charge in [0.25, 0.3) is 11.8 Å². The SMILES string of the molecule is CC(C)(C)OC(=O)N1CCC(C(=O)N2CCN(C(=O)c3ccc(NC(=O)c4ncc(Cc5c(-c6cc(Cl)c(N)cn6)n[nH]c5C(F)(F)F)[nH]4)cc3Cl)CC2)CC1. The summed E-state index contributed by atoms with van der Waals surface area (Å²) in [5.41, 5.74) is 4.47. The number of benzene rings is 1. The molecular formula is C36H39Cl2F3N10O5. The number of pyridine rings is 1. The first-order chi connectivity index (χ1) is 26.4. The van der Waals surface area contributed by atoms with E-state index in [2.05, 4.69) is 25.4 Å². The average molecular weight is 820 g/mol. The van der Waals surface area contributed by atoms with Crippen molar-refractivity contribution in [3.05, 3.63) is 75.0 Å². The first-order valence-electron chi connectivity index (χ1n) is 17.6. The van der Waals surface area contributed by atoms with Gasteiger partial charge in [-0.15, -0.1) is 0 Å². The zero-order valence-electron chi connectivity index (χ0n) is 30.6. The first kappa shape index (κ1) is 40.3. The molecule has 0 saturated carbocycles. The summed E-state index contributed by atoms with van der Waals surface area (Å²) in [4.78, 5) is 68.0. The summed E-state index contributed by atoms with van der Waals surface area (Å²) in [5.74, 6) is -1.46. The van der Waals surface area contributed by atoms with Crippen molar-refractivity contribution in [1.82, 2.24) is 39.8 Å². The van der Waals surface area contributed by atoms with Crippen LogP contribution >= 0.6 is 23.2 Å². The molecule has 0 unspecified atom stereocenters. The number of hydrogen-bond donors (Lipinski definition) is 4. The van der Waals surface area contributed by atoms with Gasteiger partial charge in [0, 0.05) is 74.7 Å². The topological polar surface area (TPSA) is 196 Å². The molecule has 56 heavy (non-hydrogen) atoms. The first-order valence-corrected chi connectivity index (χ1v) is 18.4. The highest BCUT2D eigenvalue weighted by Gasteiger charge is 2.38. The van der Waals surface area contributed by atoms with E-state index in [1.165, 1.54) is 36.7 Å². The normalized spacial score (nSPS) is 15.5. The molecule has 5 N–H and O–H groups in total. The number of likely N-dealkylation sites (tertiary alicyclic amines) is 1. The van der Waals surface area contributed by atoms with E-state index in [0.717, 1.165) is 0 Å². The van der Waals surface area contributed by atoms with Crippen LogP contribution in [0.4, 0.5) is 29.3 Å². The van der Waals surface area contributed by atoms with Crippen molar-refractivity contribution in [3.63, 3.8) is 0 Å². The molecule has 2 fully saturated rings. The number of aromatic amines is 2. The van der Waals surface area contributed by atoms with Gasteiger partial charge in [0.2, 0.25) is 5.91 Å². The van der Waals surface area contributed by atoms with Crippen LogP contribution in [0.15, 0.2) is 36.7 Å². The maximum atomic E-state index is 13.9. The molecule has 6 rings (SSSR count). The van der Waals surface area contributed by atoms with E-state index >= 15 is 0 Å². The maximum absolute atomic E-state index is 13.9. The number of nitrogens with one attached hydrogen (secondary N) is 3. The largest absolute Gasteiger partial charge is 0.444 e. The van der Waals surface area contributed by atoms with E-state index in [4.69, 9.17) is 33.7 Å². The van der Waals surface area contributed by atoms with Gasteiger partial charge in [-0.3, -0.25) is 24.5 Å². The molecule has 15 nitrogen and oxygen atoms in total. The Morgan fingerprint density at radius 3 is 2.23 bits per heavy atom. The minimum atomic E-state index is -4.77. The van der Waals surface area contributed by atoms with Gasteiger partial charge in [-0.2, -0.15) is 18.3 Å². The van der Waals surface area contributed by atoms with Crippen LogP contribution in [0, 0.1) is 5.92 Å². The van der Waals surface area contributed by atoms with Gasteiger partial charge >= 0.3 is 12.3 Å². The molecule has 0 radical (unpaired) electrons.